The number of amides is 1. The number of halogens is 1. The Hall–Kier alpha value is -2.14. The van der Waals surface area contributed by atoms with Gasteiger partial charge in [-0.1, -0.05) is 29.8 Å². The van der Waals surface area contributed by atoms with Crippen molar-refractivity contribution in [3.63, 3.8) is 0 Å². The summed E-state index contributed by atoms with van der Waals surface area (Å²) in [6, 6.07) is 7.61. The Balaban J connectivity index is 2.00. The van der Waals surface area contributed by atoms with Crippen LogP contribution in [0.25, 0.3) is 0 Å². The van der Waals surface area contributed by atoms with E-state index in [9.17, 15) is 4.79 Å². The molecular weight excluding hydrogens is 300 g/mol. The topological polar surface area (TPSA) is 58.1 Å². The van der Waals surface area contributed by atoms with Crippen LogP contribution in [-0.2, 0) is 6.54 Å². The summed E-state index contributed by atoms with van der Waals surface area (Å²) in [6.45, 7) is 5.74. The molecule has 0 fully saturated rings. The molecule has 1 amide bonds. The van der Waals surface area contributed by atoms with Crippen molar-refractivity contribution in [3.05, 3.63) is 52.9 Å². The first kappa shape index (κ1) is 16.2. The van der Waals surface area contributed by atoms with Gasteiger partial charge in [-0.05, 0) is 25.5 Å². The van der Waals surface area contributed by atoms with Crippen LogP contribution < -0.4 is 5.32 Å². The molecule has 0 unspecified atom stereocenters. The summed E-state index contributed by atoms with van der Waals surface area (Å²) >= 11 is 6.10. The van der Waals surface area contributed by atoms with Gasteiger partial charge in [-0.15, -0.1) is 0 Å². The molecule has 1 aromatic carbocycles. The molecule has 1 heterocycles. The van der Waals surface area contributed by atoms with Crippen LogP contribution >= 0.6 is 11.6 Å². The predicted molar refractivity (Wildman–Crippen MR) is 88.1 cm³/mol. The molecule has 0 aliphatic rings. The molecule has 6 heteroatoms. The van der Waals surface area contributed by atoms with Gasteiger partial charge >= 0.3 is 0 Å². The summed E-state index contributed by atoms with van der Waals surface area (Å²) < 4.78 is 0. The summed E-state index contributed by atoms with van der Waals surface area (Å²) in [5.74, 6) is 0.506. The van der Waals surface area contributed by atoms with E-state index in [2.05, 4.69) is 15.3 Å². The largest absolute Gasteiger partial charge is 0.365 e. The highest BCUT2D eigenvalue weighted by atomic mass is 35.5. The molecule has 22 heavy (non-hydrogen) atoms. The molecule has 5 nitrogen and oxygen atoms in total. The quantitative estimate of drug-likeness (QED) is 0.888. The summed E-state index contributed by atoms with van der Waals surface area (Å²) in [7, 11) is 0. The number of aromatic nitrogens is 2. The van der Waals surface area contributed by atoms with Gasteiger partial charge in [0.05, 0.1) is 12.4 Å². The van der Waals surface area contributed by atoms with Crippen LogP contribution in [0.3, 0.4) is 0 Å². The minimum absolute atomic E-state index is 0.102. The van der Waals surface area contributed by atoms with Crippen molar-refractivity contribution in [3.8, 4) is 0 Å². The van der Waals surface area contributed by atoms with Crippen molar-refractivity contribution in [2.24, 2.45) is 0 Å². The second kappa shape index (κ2) is 7.75. The number of anilines is 1. The van der Waals surface area contributed by atoms with E-state index in [0.29, 0.717) is 36.2 Å². The van der Waals surface area contributed by atoms with Gasteiger partial charge in [-0.25, -0.2) is 9.97 Å². The number of hydrogen-bond acceptors (Lipinski definition) is 4. The van der Waals surface area contributed by atoms with Gasteiger partial charge < -0.3 is 10.2 Å². The number of rotatable bonds is 6. The van der Waals surface area contributed by atoms with Gasteiger partial charge in [-0.2, -0.15) is 0 Å². The molecule has 1 aromatic heterocycles. The molecule has 0 aliphatic carbocycles. The normalized spacial score (nSPS) is 10.3. The van der Waals surface area contributed by atoms with Crippen molar-refractivity contribution < 1.29 is 4.79 Å². The number of carbonyl (C=O) groups excluding carboxylic acids is 1. The minimum atomic E-state index is -0.102. The van der Waals surface area contributed by atoms with Gasteiger partial charge in [0.25, 0.3) is 5.91 Å². The number of benzene rings is 1. The van der Waals surface area contributed by atoms with Crippen LogP contribution in [0.4, 0.5) is 5.82 Å². The molecule has 0 saturated heterocycles. The second-order valence-corrected chi connectivity index (χ2v) is 5.12. The van der Waals surface area contributed by atoms with E-state index >= 15 is 0 Å². The highest BCUT2D eigenvalue weighted by Crippen LogP contribution is 2.16. The lowest BCUT2D eigenvalue weighted by Gasteiger charge is -2.17. The molecular formula is C16H19ClN4O. The fraction of sp³-hybridized carbons (Fsp3) is 0.312. The Kier molecular flexibility index (Phi) is 5.72. The zero-order chi connectivity index (χ0) is 15.9. The van der Waals surface area contributed by atoms with Gasteiger partial charge in [0.15, 0.2) is 0 Å². The van der Waals surface area contributed by atoms with Crippen LogP contribution in [0.15, 0.2) is 36.7 Å². The standard InChI is InChI=1S/C16H19ClN4O/c1-3-21(4-2)16(22)14-10-20-15(11-18-14)19-9-12-7-5-6-8-13(12)17/h5-8,10-11H,3-4,9H2,1-2H3,(H,19,20). The Morgan fingerprint density at radius 2 is 1.91 bits per heavy atom. The summed E-state index contributed by atoms with van der Waals surface area (Å²) in [5, 5.41) is 3.85. The average molecular weight is 319 g/mol. The number of nitrogens with one attached hydrogen (secondary N) is 1. The third-order valence-electron chi connectivity index (χ3n) is 3.34. The fourth-order valence-corrected chi connectivity index (χ4v) is 2.23. The van der Waals surface area contributed by atoms with Crippen molar-refractivity contribution >= 4 is 23.3 Å². The van der Waals surface area contributed by atoms with E-state index in [4.69, 9.17) is 11.6 Å². The van der Waals surface area contributed by atoms with Crippen molar-refractivity contribution in [2.45, 2.75) is 20.4 Å². The highest BCUT2D eigenvalue weighted by Gasteiger charge is 2.14. The Morgan fingerprint density at radius 3 is 2.50 bits per heavy atom. The van der Waals surface area contributed by atoms with E-state index in [0.717, 1.165) is 5.56 Å². The molecule has 0 saturated carbocycles. The van der Waals surface area contributed by atoms with Crippen LogP contribution in [-0.4, -0.2) is 33.9 Å². The monoisotopic (exact) mass is 318 g/mol. The van der Waals surface area contributed by atoms with Crippen LogP contribution in [0.1, 0.15) is 29.9 Å². The van der Waals surface area contributed by atoms with Gasteiger partial charge in [0.2, 0.25) is 0 Å². The predicted octanol–water partition coefficient (Wildman–Crippen LogP) is 3.22. The van der Waals surface area contributed by atoms with Gasteiger partial charge in [-0.3, -0.25) is 4.79 Å². The molecule has 0 spiro atoms. The lowest BCUT2D eigenvalue weighted by atomic mass is 10.2. The fourth-order valence-electron chi connectivity index (χ4n) is 2.03. The lowest BCUT2D eigenvalue weighted by Crippen LogP contribution is -2.31. The second-order valence-electron chi connectivity index (χ2n) is 4.71. The maximum atomic E-state index is 12.1. The first-order valence-corrected chi connectivity index (χ1v) is 7.62. The Bertz CT molecular complexity index is 626. The Labute approximate surface area is 135 Å². The van der Waals surface area contributed by atoms with Gasteiger partial charge in [0, 0.05) is 24.7 Å². The molecule has 0 atom stereocenters. The lowest BCUT2D eigenvalue weighted by molar-refractivity contribution is 0.0766. The van der Waals surface area contributed by atoms with Gasteiger partial charge in [0.1, 0.15) is 11.5 Å². The van der Waals surface area contributed by atoms with Crippen LogP contribution in [0.5, 0.6) is 0 Å². The molecule has 0 aliphatic heterocycles. The van der Waals surface area contributed by atoms with Crippen molar-refractivity contribution in [1.29, 1.82) is 0 Å². The molecule has 0 bridgehead atoms. The number of carbonyl (C=O) groups is 1. The van der Waals surface area contributed by atoms with Crippen LogP contribution in [0.2, 0.25) is 5.02 Å². The summed E-state index contributed by atoms with van der Waals surface area (Å²) in [4.78, 5) is 22.2. The zero-order valence-corrected chi connectivity index (χ0v) is 13.5. The third-order valence-corrected chi connectivity index (χ3v) is 3.71. The molecule has 1 N–H and O–H groups in total. The first-order valence-electron chi connectivity index (χ1n) is 7.24. The van der Waals surface area contributed by atoms with E-state index in [-0.39, 0.29) is 5.91 Å². The number of hydrogen-bond donors (Lipinski definition) is 1. The molecule has 2 aromatic rings. The van der Waals surface area contributed by atoms with Crippen LogP contribution in [0, 0.1) is 0 Å². The van der Waals surface area contributed by atoms with Crippen molar-refractivity contribution in [2.75, 3.05) is 18.4 Å². The molecule has 2 rings (SSSR count). The summed E-state index contributed by atoms with van der Waals surface area (Å²) in [6.07, 6.45) is 3.06. The van der Waals surface area contributed by atoms with Crippen molar-refractivity contribution in [1.82, 2.24) is 14.9 Å². The zero-order valence-electron chi connectivity index (χ0n) is 12.7. The first-order chi connectivity index (χ1) is 10.7. The smallest absolute Gasteiger partial charge is 0.274 e. The summed E-state index contributed by atoms with van der Waals surface area (Å²) in [5.41, 5.74) is 1.33. The van der Waals surface area contributed by atoms with E-state index < -0.39 is 0 Å². The Morgan fingerprint density at radius 1 is 1.18 bits per heavy atom. The number of nitrogens with zero attached hydrogens (tertiary/aromatic N) is 3. The maximum Gasteiger partial charge on any atom is 0.274 e. The minimum Gasteiger partial charge on any atom is -0.365 e. The molecule has 0 radical (unpaired) electrons. The van der Waals surface area contributed by atoms with E-state index in [1.54, 1.807) is 11.1 Å². The maximum absolute atomic E-state index is 12.1. The SMILES string of the molecule is CCN(CC)C(=O)c1cnc(NCc2ccccc2Cl)cn1. The third kappa shape index (κ3) is 3.95. The van der Waals surface area contributed by atoms with E-state index in [1.807, 2.05) is 38.1 Å². The average Bonchev–Trinajstić information content (AvgIpc) is 2.55. The van der Waals surface area contributed by atoms with E-state index in [1.165, 1.54) is 6.20 Å². The molecule has 116 valence electrons. The highest BCUT2D eigenvalue weighted by molar-refractivity contribution is 6.31.